The maximum Gasteiger partial charge on any atom is 0.275 e. The molecule has 2 N–H and O–H groups in total. The summed E-state index contributed by atoms with van der Waals surface area (Å²) in [6.07, 6.45) is 2.92. The summed E-state index contributed by atoms with van der Waals surface area (Å²) in [5, 5.41) is 10.1. The minimum atomic E-state index is -0.398. The van der Waals surface area contributed by atoms with E-state index in [0.29, 0.717) is 16.7 Å². The Morgan fingerprint density at radius 3 is 2.76 bits per heavy atom. The average molecular weight is 344 g/mol. The van der Waals surface area contributed by atoms with Crippen LogP contribution in [0.5, 0.6) is 0 Å². The van der Waals surface area contributed by atoms with Crippen molar-refractivity contribution in [2.45, 2.75) is 0 Å². The molecular formula is C15H10BrN3O2. The number of aliphatic hydroxyl groups is 1. The van der Waals surface area contributed by atoms with Gasteiger partial charge in [-0.3, -0.25) is 4.79 Å². The van der Waals surface area contributed by atoms with Gasteiger partial charge in [-0.15, -0.1) is 0 Å². The smallest absolute Gasteiger partial charge is 0.275 e. The lowest BCUT2D eigenvalue weighted by Crippen LogP contribution is -2.12. The summed E-state index contributed by atoms with van der Waals surface area (Å²) in [4.78, 5) is 22.8. The molecule has 21 heavy (non-hydrogen) atoms. The lowest BCUT2D eigenvalue weighted by Gasteiger charge is -2.01. The van der Waals surface area contributed by atoms with Crippen molar-refractivity contribution in [3.63, 3.8) is 0 Å². The topological polar surface area (TPSA) is 78.9 Å². The second kappa shape index (κ2) is 5.49. The molecule has 0 saturated heterocycles. The summed E-state index contributed by atoms with van der Waals surface area (Å²) in [5.41, 5.74) is 1.32. The fraction of sp³-hybridized carbons (Fsp3) is 0. The van der Waals surface area contributed by atoms with Gasteiger partial charge >= 0.3 is 0 Å². The normalized spacial score (nSPS) is 11.8. The molecule has 0 aliphatic rings. The second-order valence-electron chi connectivity index (χ2n) is 4.36. The first-order chi connectivity index (χ1) is 10.1. The van der Waals surface area contributed by atoms with E-state index in [4.69, 9.17) is 0 Å². The Morgan fingerprint density at radius 2 is 2.00 bits per heavy atom. The van der Waals surface area contributed by atoms with E-state index < -0.39 is 5.56 Å². The number of pyridine rings is 1. The molecule has 104 valence electrons. The third-order valence-corrected chi connectivity index (χ3v) is 3.43. The van der Waals surface area contributed by atoms with Crippen LogP contribution in [0.15, 0.2) is 51.9 Å². The zero-order valence-corrected chi connectivity index (χ0v) is 12.3. The summed E-state index contributed by atoms with van der Waals surface area (Å²) in [6.45, 7) is 0. The Morgan fingerprint density at radius 1 is 1.24 bits per heavy atom. The molecule has 0 fully saturated rings. The number of aromatic nitrogens is 3. The van der Waals surface area contributed by atoms with Gasteiger partial charge < -0.3 is 10.1 Å². The first-order valence-electron chi connectivity index (χ1n) is 6.15. The molecule has 6 heteroatoms. The zero-order valence-electron chi connectivity index (χ0n) is 10.7. The molecule has 1 aromatic carbocycles. The van der Waals surface area contributed by atoms with Crippen molar-refractivity contribution in [3.05, 3.63) is 68.7 Å². The van der Waals surface area contributed by atoms with Gasteiger partial charge in [0.1, 0.15) is 17.0 Å². The van der Waals surface area contributed by atoms with Crippen molar-refractivity contribution >= 4 is 38.9 Å². The molecule has 0 aliphatic heterocycles. The van der Waals surface area contributed by atoms with Crippen LogP contribution in [0.4, 0.5) is 0 Å². The summed E-state index contributed by atoms with van der Waals surface area (Å²) in [7, 11) is 0. The summed E-state index contributed by atoms with van der Waals surface area (Å²) in [6, 6.07) is 10.6. The second-order valence-corrected chi connectivity index (χ2v) is 5.27. The van der Waals surface area contributed by atoms with Gasteiger partial charge in [0.15, 0.2) is 5.65 Å². The molecule has 0 amide bonds. The Hall–Kier alpha value is -2.47. The maximum atomic E-state index is 11.9. The minimum Gasteiger partial charge on any atom is -0.507 e. The maximum absolute atomic E-state index is 11.9. The van der Waals surface area contributed by atoms with E-state index in [1.54, 1.807) is 42.6 Å². The minimum absolute atomic E-state index is 0.0243. The van der Waals surface area contributed by atoms with Crippen LogP contribution in [0.3, 0.4) is 0 Å². The van der Waals surface area contributed by atoms with E-state index in [0.717, 1.165) is 4.47 Å². The van der Waals surface area contributed by atoms with Crippen molar-refractivity contribution < 1.29 is 5.11 Å². The Bertz CT molecular complexity index is 885. The van der Waals surface area contributed by atoms with Crippen LogP contribution in [-0.4, -0.2) is 20.1 Å². The highest BCUT2D eigenvalue weighted by atomic mass is 79.9. The molecule has 0 saturated carbocycles. The predicted octanol–water partition coefficient (Wildman–Crippen LogP) is 3.14. The van der Waals surface area contributed by atoms with E-state index in [2.05, 4.69) is 30.9 Å². The third kappa shape index (κ3) is 2.85. The van der Waals surface area contributed by atoms with Crippen LogP contribution in [-0.2, 0) is 0 Å². The fourth-order valence-corrected chi connectivity index (χ4v) is 2.13. The highest BCUT2D eigenvalue weighted by Crippen LogP contribution is 2.17. The van der Waals surface area contributed by atoms with Gasteiger partial charge in [-0.05, 0) is 24.3 Å². The number of rotatable bonds is 2. The van der Waals surface area contributed by atoms with E-state index in [1.807, 2.05) is 0 Å². The van der Waals surface area contributed by atoms with E-state index in [9.17, 15) is 9.90 Å². The largest absolute Gasteiger partial charge is 0.507 e. The summed E-state index contributed by atoms with van der Waals surface area (Å²) >= 11 is 3.32. The van der Waals surface area contributed by atoms with Crippen LogP contribution >= 0.6 is 15.9 Å². The number of H-pyrrole nitrogens is 1. The van der Waals surface area contributed by atoms with Gasteiger partial charge in [0.25, 0.3) is 5.56 Å². The average Bonchev–Trinajstić information content (AvgIpc) is 2.48. The van der Waals surface area contributed by atoms with E-state index in [-0.39, 0.29) is 11.5 Å². The Kier molecular flexibility index (Phi) is 3.53. The van der Waals surface area contributed by atoms with Gasteiger partial charge in [-0.25, -0.2) is 9.97 Å². The van der Waals surface area contributed by atoms with E-state index in [1.165, 1.54) is 6.08 Å². The van der Waals surface area contributed by atoms with Crippen molar-refractivity contribution in [2.75, 3.05) is 0 Å². The molecule has 0 aliphatic carbocycles. The number of halogens is 1. The van der Waals surface area contributed by atoms with Crippen molar-refractivity contribution in [2.24, 2.45) is 0 Å². The Labute approximate surface area is 128 Å². The van der Waals surface area contributed by atoms with Gasteiger partial charge in [0.2, 0.25) is 0 Å². The van der Waals surface area contributed by atoms with Crippen LogP contribution in [0.1, 0.15) is 11.3 Å². The van der Waals surface area contributed by atoms with Gasteiger partial charge in [0, 0.05) is 22.3 Å². The van der Waals surface area contributed by atoms with Crippen LogP contribution in [0.2, 0.25) is 0 Å². The highest BCUT2D eigenvalue weighted by molar-refractivity contribution is 9.10. The molecule has 0 unspecified atom stereocenters. The van der Waals surface area contributed by atoms with Crippen molar-refractivity contribution in [3.8, 4) is 0 Å². The molecular weight excluding hydrogens is 334 g/mol. The molecule has 5 nitrogen and oxygen atoms in total. The summed E-state index contributed by atoms with van der Waals surface area (Å²) in [5.74, 6) is -0.0243. The molecule has 0 bridgehead atoms. The predicted molar refractivity (Wildman–Crippen MR) is 84.8 cm³/mol. The molecule has 3 aromatic rings. The third-order valence-electron chi connectivity index (χ3n) is 2.91. The highest BCUT2D eigenvalue weighted by Gasteiger charge is 2.06. The van der Waals surface area contributed by atoms with Crippen LogP contribution in [0, 0.1) is 0 Å². The molecule has 2 aromatic heterocycles. The lowest BCUT2D eigenvalue weighted by molar-refractivity contribution is 0.515. The molecule has 3 rings (SSSR count). The molecule has 0 radical (unpaired) electrons. The van der Waals surface area contributed by atoms with Gasteiger partial charge in [-0.2, -0.15) is 0 Å². The Balaban J connectivity index is 2.07. The SMILES string of the molecule is O=c1[nH]c2ncccc2nc1/C=C(\O)c1ccc(Br)cc1. The monoisotopic (exact) mass is 343 g/mol. The first kappa shape index (κ1) is 13.5. The number of aliphatic hydroxyl groups excluding tert-OH is 1. The van der Waals surface area contributed by atoms with E-state index >= 15 is 0 Å². The number of nitrogens with zero attached hydrogens (tertiary/aromatic N) is 2. The quantitative estimate of drug-likeness (QED) is 0.700. The van der Waals surface area contributed by atoms with Gasteiger partial charge in [-0.1, -0.05) is 28.1 Å². The molecule has 2 heterocycles. The number of hydrogen-bond donors (Lipinski definition) is 2. The zero-order chi connectivity index (χ0) is 14.8. The van der Waals surface area contributed by atoms with Crippen molar-refractivity contribution in [1.29, 1.82) is 0 Å². The number of aromatic amines is 1. The standard InChI is InChI=1S/C15H10BrN3O2/c16-10-5-3-9(4-6-10)13(20)8-12-15(21)19-14-11(18-12)2-1-7-17-14/h1-8,20H,(H,17,19,21)/b13-8-. The van der Waals surface area contributed by atoms with Crippen molar-refractivity contribution in [1.82, 2.24) is 15.0 Å². The number of hydrogen-bond acceptors (Lipinski definition) is 4. The molecule has 0 spiro atoms. The fourth-order valence-electron chi connectivity index (χ4n) is 1.87. The van der Waals surface area contributed by atoms with Crippen LogP contribution in [0.25, 0.3) is 23.0 Å². The first-order valence-corrected chi connectivity index (χ1v) is 6.94. The van der Waals surface area contributed by atoms with Gasteiger partial charge in [0.05, 0.1) is 0 Å². The lowest BCUT2D eigenvalue weighted by atomic mass is 10.1. The molecule has 0 atom stereocenters. The number of benzene rings is 1. The van der Waals surface area contributed by atoms with Crippen LogP contribution < -0.4 is 5.56 Å². The number of fused-ring (bicyclic) bond motifs is 1. The number of nitrogens with one attached hydrogen (secondary N) is 1. The summed E-state index contributed by atoms with van der Waals surface area (Å²) < 4.78 is 0.909.